The SMILES string of the molecule is CCCC(=O)c1c[nH]c2ccccc2c1=O.CCCC(=O)c1cnc2ccccc2c1Cl. The number of carbonyl (C=O) groups excluding carboxylic acids is 2. The fourth-order valence-electron chi connectivity index (χ4n) is 3.40. The molecule has 0 amide bonds. The van der Waals surface area contributed by atoms with Crippen molar-refractivity contribution in [3.8, 4) is 0 Å². The maximum atomic E-state index is 12.0. The minimum atomic E-state index is -0.173. The molecule has 2 aromatic heterocycles. The summed E-state index contributed by atoms with van der Waals surface area (Å²) in [6, 6.07) is 14.8. The molecule has 1 N–H and O–H groups in total. The number of nitrogens with one attached hydrogen (secondary N) is 1. The number of pyridine rings is 2. The zero-order valence-corrected chi connectivity index (χ0v) is 18.9. The van der Waals surface area contributed by atoms with E-state index >= 15 is 0 Å². The molecule has 0 saturated heterocycles. The van der Waals surface area contributed by atoms with Crippen molar-refractivity contribution in [2.75, 3.05) is 0 Å². The van der Waals surface area contributed by atoms with Crippen LogP contribution in [0.3, 0.4) is 0 Å². The number of benzene rings is 2. The summed E-state index contributed by atoms with van der Waals surface area (Å²) in [4.78, 5) is 42.7. The molecule has 0 radical (unpaired) electrons. The van der Waals surface area contributed by atoms with Gasteiger partial charge < -0.3 is 4.98 Å². The third-order valence-corrected chi connectivity index (χ3v) is 5.46. The number of aromatic nitrogens is 2. The molecule has 0 saturated carbocycles. The Hall–Kier alpha value is -3.31. The molecule has 0 aliphatic heterocycles. The van der Waals surface area contributed by atoms with Gasteiger partial charge in [-0.05, 0) is 31.0 Å². The third kappa shape index (κ3) is 5.11. The number of carbonyl (C=O) groups is 2. The second kappa shape index (κ2) is 10.8. The highest BCUT2D eigenvalue weighted by Crippen LogP contribution is 2.26. The van der Waals surface area contributed by atoms with Gasteiger partial charge in [0.25, 0.3) is 0 Å². The Morgan fingerprint density at radius 1 is 0.875 bits per heavy atom. The normalized spacial score (nSPS) is 10.6. The average Bonchev–Trinajstić information content (AvgIpc) is 2.80. The van der Waals surface area contributed by atoms with E-state index in [-0.39, 0.29) is 22.6 Å². The molecular weight excluding hydrogens is 424 g/mol. The summed E-state index contributed by atoms with van der Waals surface area (Å²) >= 11 is 6.21. The number of nitrogens with zero attached hydrogens (tertiary/aromatic N) is 1. The van der Waals surface area contributed by atoms with Crippen molar-refractivity contribution in [2.45, 2.75) is 39.5 Å². The molecule has 2 aromatic carbocycles. The van der Waals surface area contributed by atoms with E-state index in [2.05, 4.69) is 9.97 Å². The minimum absolute atomic E-state index is 0.0609. The van der Waals surface area contributed by atoms with Crippen LogP contribution in [0.2, 0.25) is 5.02 Å². The topological polar surface area (TPSA) is 79.9 Å². The lowest BCUT2D eigenvalue weighted by Crippen LogP contribution is -2.15. The number of para-hydroxylation sites is 2. The van der Waals surface area contributed by atoms with Crippen molar-refractivity contribution in [1.82, 2.24) is 9.97 Å². The van der Waals surface area contributed by atoms with Gasteiger partial charge in [0.05, 0.1) is 21.7 Å². The van der Waals surface area contributed by atoms with Gasteiger partial charge in [-0.25, -0.2) is 0 Å². The molecule has 5 nitrogen and oxygen atoms in total. The summed E-state index contributed by atoms with van der Waals surface area (Å²) in [5.74, 6) is -0.0275. The number of aromatic amines is 1. The summed E-state index contributed by atoms with van der Waals surface area (Å²) in [6.45, 7) is 3.90. The van der Waals surface area contributed by atoms with E-state index in [1.54, 1.807) is 18.3 Å². The second-order valence-corrected chi connectivity index (χ2v) is 7.80. The Kier molecular flexibility index (Phi) is 7.90. The van der Waals surface area contributed by atoms with Gasteiger partial charge in [-0.2, -0.15) is 0 Å². The monoisotopic (exact) mass is 448 g/mol. The van der Waals surface area contributed by atoms with Crippen LogP contribution in [-0.4, -0.2) is 21.5 Å². The lowest BCUT2D eigenvalue weighted by molar-refractivity contribution is 0.0973. The van der Waals surface area contributed by atoms with Crippen LogP contribution in [0.1, 0.15) is 60.2 Å². The number of ketones is 2. The third-order valence-electron chi connectivity index (χ3n) is 5.05. The van der Waals surface area contributed by atoms with E-state index in [1.807, 2.05) is 50.2 Å². The van der Waals surface area contributed by atoms with Crippen molar-refractivity contribution in [3.63, 3.8) is 0 Å². The maximum Gasteiger partial charge on any atom is 0.200 e. The van der Waals surface area contributed by atoms with Crippen molar-refractivity contribution in [3.05, 3.63) is 87.3 Å². The van der Waals surface area contributed by atoms with Gasteiger partial charge >= 0.3 is 0 Å². The molecule has 0 spiro atoms. The highest BCUT2D eigenvalue weighted by Gasteiger charge is 2.13. The number of fused-ring (bicyclic) bond motifs is 2. The lowest BCUT2D eigenvalue weighted by atomic mass is 10.1. The first kappa shape index (κ1) is 23.4. The van der Waals surface area contributed by atoms with E-state index in [0.717, 1.165) is 29.3 Å². The molecule has 4 aromatic rings. The Bertz CT molecular complexity index is 1330. The second-order valence-electron chi connectivity index (χ2n) is 7.43. The van der Waals surface area contributed by atoms with E-state index in [9.17, 15) is 14.4 Å². The summed E-state index contributed by atoms with van der Waals surface area (Å²) in [5, 5.41) is 1.93. The Labute approximate surface area is 191 Å². The molecule has 0 atom stereocenters. The van der Waals surface area contributed by atoms with Crippen molar-refractivity contribution < 1.29 is 9.59 Å². The van der Waals surface area contributed by atoms with E-state index in [4.69, 9.17) is 11.6 Å². The molecule has 0 aliphatic rings. The first-order valence-corrected chi connectivity index (χ1v) is 11.1. The molecule has 4 rings (SSSR count). The summed E-state index contributed by atoms with van der Waals surface area (Å²) in [6.07, 6.45) is 5.60. The average molecular weight is 449 g/mol. The van der Waals surface area contributed by atoms with Crippen molar-refractivity contribution >= 4 is 45.0 Å². The van der Waals surface area contributed by atoms with Crippen LogP contribution in [-0.2, 0) is 0 Å². The van der Waals surface area contributed by atoms with Gasteiger partial charge in [-0.3, -0.25) is 19.4 Å². The van der Waals surface area contributed by atoms with Gasteiger partial charge in [-0.1, -0.05) is 55.8 Å². The summed E-state index contributed by atoms with van der Waals surface area (Å²) in [5.41, 5.74) is 2.21. The smallest absolute Gasteiger partial charge is 0.200 e. The molecule has 0 fully saturated rings. The van der Waals surface area contributed by atoms with E-state index in [0.29, 0.717) is 28.8 Å². The highest BCUT2D eigenvalue weighted by atomic mass is 35.5. The fourth-order valence-corrected chi connectivity index (χ4v) is 3.71. The molecule has 164 valence electrons. The molecule has 0 aliphatic carbocycles. The molecule has 0 unspecified atom stereocenters. The first-order valence-electron chi connectivity index (χ1n) is 10.7. The zero-order chi connectivity index (χ0) is 23.1. The van der Waals surface area contributed by atoms with Gasteiger partial charge in [0.1, 0.15) is 0 Å². The van der Waals surface area contributed by atoms with Crippen LogP contribution in [0.4, 0.5) is 0 Å². The largest absolute Gasteiger partial charge is 0.360 e. The first-order chi connectivity index (χ1) is 15.5. The molecule has 0 bridgehead atoms. The predicted octanol–water partition coefficient (Wildman–Crippen LogP) is 6.38. The van der Waals surface area contributed by atoms with Gasteiger partial charge in [-0.15, -0.1) is 0 Å². The van der Waals surface area contributed by atoms with Gasteiger partial charge in [0.15, 0.2) is 17.0 Å². The number of H-pyrrole nitrogens is 1. The lowest BCUT2D eigenvalue weighted by Gasteiger charge is -2.05. The highest BCUT2D eigenvalue weighted by molar-refractivity contribution is 6.38. The number of hydrogen-bond acceptors (Lipinski definition) is 4. The van der Waals surface area contributed by atoms with Crippen molar-refractivity contribution in [2.24, 2.45) is 0 Å². The fraction of sp³-hybridized carbons (Fsp3) is 0.231. The molecule has 32 heavy (non-hydrogen) atoms. The Balaban J connectivity index is 0.000000181. The van der Waals surface area contributed by atoms with Crippen LogP contribution in [0.5, 0.6) is 0 Å². The Morgan fingerprint density at radius 3 is 2.16 bits per heavy atom. The van der Waals surface area contributed by atoms with E-state index < -0.39 is 0 Å². The quantitative estimate of drug-likeness (QED) is 0.347. The van der Waals surface area contributed by atoms with Crippen LogP contribution in [0, 0.1) is 0 Å². The van der Waals surface area contributed by atoms with E-state index in [1.165, 1.54) is 6.20 Å². The molecule has 2 heterocycles. The van der Waals surface area contributed by atoms with Crippen LogP contribution in [0.25, 0.3) is 21.8 Å². The number of halogens is 1. The summed E-state index contributed by atoms with van der Waals surface area (Å²) < 4.78 is 0. The minimum Gasteiger partial charge on any atom is -0.360 e. The Morgan fingerprint density at radius 2 is 1.47 bits per heavy atom. The van der Waals surface area contributed by atoms with Crippen molar-refractivity contribution in [1.29, 1.82) is 0 Å². The van der Waals surface area contributed by atoms with Gasteiger partial charge in [0, 0.05) is 41.5 Å². The van der Waals surface area contributed by atoms with Gasteiger partial charge in [0.2, 0.25) is 0 Å². The zero-order valence-electron chi connectivity index (χ0n) is 18.2. The van der Waals surface area contributed by atoms with Crippen LogP contribution >= 0.6 is 11.6 Å². The number of rotatable bonds is 6. The number of Topliss-reactive ketones (excluding diaryl/α,β-unsaturated/α-hetero) is 2. The molecular formula is C26H25ClN2O3. The molecule has 6 heteroatoms. The maximum absolute atomic E-state index is 12.0. The van der Waals surface area contributed by atoms with Crippen LogP contribution < -0.4 is 5.43 Å². The standard InChI is InChI=1S/C13H12ClNO.C13H13NO2/c1-2-5-12(16)10-8-15-11-7-4-3-6-9(11)13(10)14;1-2-5-12(15)10-8-14-11-7-4-3-6-9(11)13(10)16/h3-4,6-8H,2,5H2,1H3;3-4,6-8H,2,5H2,1H3,(H,14,16). The summed E-state index contributed by atoms with van der Waals surface area (Å²) in [7, 11) is 0. The van der Waals surface area contributed by atoms with Crippen LogP contribution in [0.15, 0.2) is 65.7 Å². The predicted molar refractivity (Wildman–Crippen MR) is 130 cm³/mol. The number of hydrogen-bond donors (Lipinski definition) is 1.